The van der Waals surface area contributed by atoms with Crippen LogP contribution in [0.1, 0.15) is 0 Å². The number of halogens is 1. The Kier molecular flexibility index (Phi) is 5.54. The van der Waals surface area contributed by atoms with E-state index in [1.807, 2.05) is 0 Å². The van der Waals surface area contributed by atoms with Gasteiger partial charge in [0.1, 0.15) is 12.4 Å². The zero-order valence-electron chi connectivity index (χ0n) is 11.8. The molecule has 122 valence electrons. The fourth-order valence-corrected chi connectivity index (χ4v) is 3.10. The minimum Gasteiger partial charge on any atom is -0.492 e. The van der Waals surface area contributed by atoms with E-state index in [1.165, 1.54) is 18.2 Å². The van der Waals surface area contributed by atoms with Gasteiger partial charge in [-0.25, -0.2) is 13.1 Å². The molecule has 0 spiro atoms. The van der Waals surface area contributed by atoms with Crippen LogP contribution in [0.3, 0.4) is 0 Å². The molecule has 23 heavy (non-hydrogen) atoms. The van der Waals surface area contributed by atoms with E-state index in [2.05, 4.69) is 4.72 Å². The molecule has 2 aromatic rings. The van der Waals surface area contributed by atoms with Gasteiger partial charge < -0.3 is 4.74 Å². The summed E-state index contributed by atoms with van der Waals surface area (Å²) in [7, 11) is -3.99. The number of para-hydroxylation sites is 1. The van der Waals surface area contributed by atoms with Crippen LogP contribution in [-0.4, -0.2) is 26.5 Å². The first kappa shape index (κ1) is 17.2. The van der Waals surface area contributed by atoms with Crippen LogP contribution in [0.25, 0.3) is 0 Å². The monoisotopic (exact) mass is 356 g/mol. The summed E-state index contributed by atoms with van der Waals surface area (Å²) in [5, 5.41) is 11.5. The van der Waals surface area contributed by atoms with Crippen molar-refractivity contribution >= 4 is 27.3 Å². The molecule has 2 rings (SSSR count). The normalized spacial score (nSPS) is 11.2. The maximum Gasteiger partial charge on any atom is 0.289 e. The maximum atomic E-state index is 12.1. The quantitative estimate of drug-likeness (QED) is 0.467. The van der Waals surface area contributed by atoms with Crippen molar-refractivity contribution in [2.45, 2.75) is 4.90 Å². The van der Waals surface area contributed by atoms with Crippen LogP contribution in [-0.2, 0) is 10.0 Å². The number of nitrogens with zero attached hydrogens (tertiary/aromatic N) is 1. The van der Waals surface area contributed by atoms with Gasteiger partial charge in [0, 0.05) is 17.6 Å². The Bertz CT molecular complexity index is 793. The second-order valence-corrected chi connectivity index (χ2v) is 6.60. The lowest BCUT2D eigenvalue weighted by atomic mass is 10.3. The van der Waals surface area contributed by atoms with Gasteiger partial charge in [-0.15, -0.1) is 0 Å². The van der Waals surface area contributed by atoms with E-state index in [0.29, 0.717) is 10.8 Å². The third kappa shape index (κ3) is 4.65. The maximum absolute atomic E-state index is 12.1. The van der Waals surface area contributed by atoms with Crippen molar-refractivity contribution in [3.63, 3.8) is 0 Å². The smallest absolute Gasteiger partial charge is 0.289 e. The largest absolute Gasteiger partial charge is 0.492 e. The van der Waals surface area contributed by atoms with Gasteiger partial charge in [-0.1, -0.05) is 23.7 Å². The lowest BCUT2D eigenvalue weighted by Crippen LogP contribution is -2.28. The molecule has 7 nitrogen and oxygen atoms in total. The molecule has 0 radical (unpaired) electrons. The molecule has 0 unspecified atom stereocenters. The van der Waals surface area contributed by atoms with Crippen molar-refractivity contribution in [1.29, 1.82) is 0 Å². The summed E-state index contributed by atoms with van der Waals surface area (Å²) < 4.78 is 31.9. The molecule has 0 aliphatic carbocycles. The molecular formula is C14H13ClN2O5S. The van der Waals surface area contributed by atoms with Crippen molar-refractivity contribution in [3.05, 3.63) is 63.7 Å². The van der Waals surface area contributed by atoms with Gasteiger partial charge in [0.25, 0.3) is 5.69 Å². The molecule has 0 fully saturated rings. The molecule has 9 heteroatoms. The number of benzene rings is 2. The van der Waals surface area contributed by atoms with E-state index >= 15 is 0 Å². The second kappa shape index (κ2) is 7.40. The highest BCUT2D eigenvalue weighted by atomic mass is 35.5. The average molecular weight is 357 g/mol. The van der Waals surface area contributed by atoms with Crippen molar-refractivity contribution < 1.29 is 18.1 Å². The molecule has 0 bridgehead atoms. The van der Waals surface area contributed by atoms with Crippen LogP contribution in [0.2, 0.25) is 5.02 Å². The molecular weight excluding hydrogens is 344 g/mol. The Labute approximate surface area is 138 Å². The molecule has 0 heterocycles. The van der Waals surface area contributed by atoms with Crippen molar-refractivity contribution in [1.82, 2.24) is 4.72 Å². The summed E-state index contributed by atoms with van der Waals surface area (Å²) in [4.78, 5) is 9.77. The van der Waals surface area contributed by atoms with Crippen LogP contribution < -0.4 is 9.46 Å². The van der Waals surface area contributed by atoms with Crippen LogP contribution in [0, 0.1) is 10.1 Å². The highest BCUT2D eigenvalue weighted by Crippen LogP contribution is 2.22. The molecule has 0 amide bonds. The van der Waals surface area contributed by atoms with Crippen molar-refractivity contribution in [2.24, 2.45) is 0 Å². The number of nitro benzene ring substituents is 1. The topological polar surface area (TPSA) is 98.5 Å². The Morgan fingerprint density at radius 3 is 2.43 bits per heavy atom. The zero-order valence-corrected chi connectivity index (χ0v) is 13.4. The predicted octanol–water partition coefficient (Wildman–Crippen LogP) is 2.61. The first-order chi connectivity index (χ1) is 10.9. The summed E-state index contributed by atoms with van der Waals surface area (Å²) in [6.07, 6.45) is 0. The number of hydrogen-bond donors (Lipinski definition) is 1. The first-order valence-electron chi connectivity index (χ1n) is 6.51. The summed E-state index contributed by atoms with van der Waals surface area (Å²) in [6, 6.07) is 11.7. The molecule has 0 saturated heterocycles. The molecule has 0 saturated carbocycles. The summed E-state index contributed by atoms with van der Waals surface area (Å²) in [5.41, 5.74) is -0.474. The molecule has 1 N–H and O–H groups in total. The van der Waals surface area contributed by atoms with E-state index in [4.69, 9.17) is 16.3 Å². The zero-order chi connectivity index (χ0) is 16.9. The average Bonchev–Trinajstić information content (AvgIpc) is 2.53. The molecule has 2 aromatic carbocycles. The number of nitro groups is 1. The number of rotatable bonds is 7. The summed E-state index contributed by atoms with van der Waals surface area (Å²) in [6.45, 7) is 0.0402. The van der Waals surface area contributed by atoms with Gasteiger partial charge in [-0.2, -0.15) is 0 Å². The highest BCUT2D eigenvalue weighted by molar-refractivity contribution is 7.89. The molecule has 0 aliphatic rings. The summed E-state index contributed by atoms with van der Waals surface area (Å²) >= 11 is 5.74. The van der Waals surface area contributed by atoms with Gasteiger partial charge in [0.15, 0.2) is 4.90 Å². The first-order valence-corrected chi connectivity index (χ1v) is 8.38. The van der Waals surface area contributed by atoms with E-state index in [1.54, 1.807) is 24.3 Å². The van der Waals surface area contributed by atoms with E-state index in [9.17, 15) is 18.5 Å². The fourth-order valence-electron chi connectivity index (χ4n) is 1.79. The SMILES string of the molecule is O=[N+]([O-])c1ccccc1S(=O)(=O)NCCOc1ccc(Cl)cc1. The predicted molar refractivity (Wildman–Crippen MR) is 85.2 cm³/mol. The lowest BCUT2D eigenvalue weighted by Gasteiger charge is -2.09. The Morgan fingerprint density at radius 1 is 1.13 bits per heavy atom. The Balaban J connectivity index is 1.97. The number of hydrogen-bond acceptors (Lipinski definition) is 5. The Morgan fingerprint density at radius 2 is 1.78 bits per heavy atom. The van der Waals surface area contributed by atoms with Crippen molar-refractivity contribution in [2.75, 3.05) is 13.2 Å². The van der Waals surface area contributed by atoms with Gasteiger partial charge in [0.05, 0.1) is 4.92 Å². The minimum atomic E-state index is -3.99. The number of nitrogens with one attached hydrogen (secondary N) is 1. The fraction of sp³-hybridized carbons (Fsp3) is 0.143. The van der Waals surface area contributed by atoms with E-state index < -0.39 is 20.6 Å². The standard InChI is InChI=1S/C14H13ClN2O5S/c15-11-5-7-12(8-6-11)22-10-9-16-23(20,21)14-4-2-1-3-13(14)17(18)19/h1-8,16H,9-10H2. The van der Waals surface area contributed by atoms with E-state index in [0.717, 1.165) is 6.07 Å². The second-order valence-electron chi connectivity index (χ2n) is 4.42. The third-order valence-corrected chi connectivity index (χ3v) is 4.59. The number of ether oxygens (including phenoxy) is 1. The molecule has 0 atom stereocenters. The van der Waals surface area contributed by atoms with Crippen molar-refractivity contribution in [3.8, 4) is 5.75 Å². The van der Waals surface area contributed by atoms with Crippen LogP contribution in [0.4, 0.5) is 5.69 Å². The van der Waals surface area contributed by atoms with Crippen LogP contribution in [0.15, 0.2) is 53.4 Å². The highest BCUT2D eigenvalue weighted by Gasteiger charge is 2.24. The van der Waals surface area contributed by atoms with Crippen LogP contribution in [0.5, 0.6) is 5.75 Å². The van der Waals surface area contributed by atoms with Crippen LogP contribution >= 0.6 is 11.6 Å². The van der Waals surface area contributed by atoms with E-state index in [-0.39, 0.29) is 18.0 Å². The number of sulfonamides is 1. The summed E-state index contributed by atoms with van der Waals surface area (Å²) in [5.74, 6) is 0.541. The lowest BCUT2D eigenvalue weighted by molar-refractivity contribution is -0.387. The molecule has 0 aliphatic heterocycles. The van der Waals surface area contributed by atoms with Gasteiger partial charge in [-0.05, 0) is 30.3 Å². The van der Waals surface area contributed by atoms with Gasteiger partial charge in [0.2, 0.25) is 10.0 Å². The van der Waals surface area contributed by atoms with Gasteiger partial charge in [-0.3, -0.25) is 10.1 Å². The van der Waals surface area contributed by atoms with Gasteiger partial charge >= 0.3 is 0 Å². The minimum absolute atomic E-state index is 0.0307. The molecule has 0 aromatic heterocycles. The third-order valence-electron chi connectivity index (χ3n) is 2.83. The Hall–Kier alpha value is -2.16.